The van der Waals surface area contributed by atoms with Crippen LogP contribution in [0, 0.1) is 5.92 Å². The van der Waals surface area contributed by atoms with Crippen molar-refractivity contribution in [2.75, 3.05) is 36.4 Å². The minimum Gasteiger partial charge on any atom is -0.491 e. The van der Waals surface area contributed by atoms with Crippen LogP contribution in [0.1, 0.15) is 28.8 Å². The summed E-state index contributed by atoms with van der Waals surface area (Å²) in [7, 11) is 0. The van der Waals surface area contributed by atoms with Crippen LogP contribution in [0.25, 0.3) is 0 Å². The van der Waals surface area contributed by atoms with Gasteiger partial charge in [-0.15, -0.1) is 23.2 Å². The number of alkyl halides is 2. The number of nitrogens with zero attached hydrogens (tertiary/aromatic N) is 1. The van der Waals surface area contributed by atoms with E-state index in [4.69, 9.17) is 32.7 Å². The second kappa shape index (κ2) is 10.6. The van der Waals surface area contributed by atoms with Crippen LogP contribution in [0.3, 0.4) is 0 Å². The minimum atomic E-state index is -0.368. The summed E-state index contributed by atoms with van der Waals surface area (Å²) in [5, 5.41) is 0. The highest BCUT2D eigenvalue weighted by Crippen LogP contribution is 2.34. The Hall–Kier alpha value is -1.91. The lowest BCUT2D eigenvalue weighted by atomic mass is 10.1. The van der Waals surface area contributed by atoms with Crippen molar-refractivity contribution in [2.45, 2.75) is 19.4 Å². The minimum absolute atomic E-state index is 0.240. The number of rotatable bonds is 11. The molecule has 3 rings (SSSR count). The van der Waals surface area contributed by atoms with Crippen molar-refractivity contribution in [1.29, 1.82) is 0 Å². The molecule has 1 saturated carbocycles. The molecule has 28 heavy (non-hydrogen) atoms. The number of hydrogen-bond donors (Lipinski definition) is 0. The fourth-order valence-corrected chi connectivity index (χ4v) is 3.28. The molecule has 0 atom stereocenters. The van der Waals surface area contributed by atoms with Gasteiger partial charge in [-0.2, -0.15) is 0 Å². The summed E-state index contributed by atoms with van der Waals surface area (Å²) in [5.74, 6) is 1.89. The van der Waals surface area contributed by atoms with Crippen LogP contribution < -0.4 is 9.64 Å². The first-order chi connectivity index (χ1) is 13.7. The predicted molar refractivity (Wildman–Crippen MR) is 114 cm³/mol. The lowest BCUT2D eigenvalue weighted by molar-refractivity contribution is 0.0472. The Labute approximate surface area is 176 Å². The maximum absolute atomic E-state index is 12.5. The Morgan fingerprint density at radius 1 is 1.04 bits per heavy atom. The monoisotopic (exact) mass is 421 g/mol. The molecule has 6 heteroatoms. The molecule has 0 bridgehead atoms. The third kappa shape index (κ3) is 6.05. The van der Waals surface area contributed by atoms with Gasteiger partial charge in [-0.3, -0.25) is 0 Å². The van der Waals surface area contributed by atoms with Gasteiger partial charge in [0.1, 0.15) is 12.4 Å². The number of carbonyl (C=O) groups excluding carboxylic acids is 1. The summed E-state index contributed by atoms with van der Waals surface area (Å²) >= 11 is 11.9. The van der Waals surface area contributed by atoms with Gasteiger partial charge in [0.15, 0.2) is 0 Å². The molecule has 150 valence electrons. The Balaban J connectivity index is 1.75. The normalized spacial score (nSPS) is 13.2. The zero-order valence-electron chi connectivity index (χ0n) is 15.8. The molecule has 1 aliphatic rings. The molecule has 0 saturated heterocycles. The molecule has 0 unspecified atom stereocenters. The molecule has 1 fully saturated rings. The summed E-state index contributed by atoms with van der Waals surface area (Å²) in [6.07, 6.45) is 2.39. The Bertz CT molecular complexity index is 760. The highest BCUT2D eigenvalue weighted by molar-refractivity contribution is 6.18. The van der Waals surface area contributed by atoms with Crippen LogP contribution >= 0.6 is 23.2 Å². The highest BCUT2D eigenvalue weighted by Gasteiger charge is 2.23. The zero-order valence-corrected chi connectivity index (χ0v) is 17.3. The molecule has 2 aromatic carbocycles. The van der Waals surface area contributed by atoms with Gasteiger partial charge in [-0.25, -0.2) is 4.79 Å². The molecule has 0 aliphatic heterocycles. The first-order valence-electron chi connectivity index (χ1n) is 9.56. The van der Waals surface area contributed by atoms with E-state index in [1.165, 1.54) is 12.8 Å². The lowest BCUT2D eigenvalue weighted by Crippen LogP contribution is -2.28. The number of esters is 1. The molecular weight excluding hydrogens is 397 g/mol. The van der Waals surface area contributed by atoms with Crippen LogP contribution in [0.5, 0.6) is 5.75 Å². The fraction of sp³-hybridized carbons (Fsp3) is 0.409. The third-order valence-corrected chi connectivity index (χ3v) is 4.97. The van der Waals surface area contributed by atoms with E-state index in [0.717, 1.165) is 11.3 Å². The standard InChI is InChI=1S/C22H25Cl2NO3/c23-10-12-25(13-11-24)20-9-8-19(14-21(20)27-15-18-6-7-18)22(26)28-16-17-4-2-1-3-5-17/h1-5,8-9,14,18H,6-7,10-13,15-16H2. The van der Waals surface area contributed by atoms with E-state index < -0.39 is 0 Å². The Kier molecular flexibility index (Phi) is 7.87. The fourth-order valence-electron chi connectivity index (χ4n) is 2.87. The van der Waals surface area contributed by atoms with E-state index in [-0.39, 0.29) is 12.6 Å². The molecule has 0 amide bonds. The molecule has 0 aromatic heterocycles. The SMILES string of the molecule is O=C(OCc1ccccc1)c1ccc(N(CCCl)CCCl)c(OCC2CC2)c1. The number of anilines is 1. The topological polar surface area (TPSA) is 38.8 Å². The van der Waals surface area contributed by atoms with Crippen LogP contribution in [0.2, 0.25) is 0 Å². The maximum Gasteiger partial charge on any atom is 0.338 e. The van der Waals surface area contributed by atoms with Crippen LogP contribution in [0.4, 0.5) is 5.69 Å². The van der Waals surface area contributed by atoms with Gasteiger partial charge in [0, 0.05) is 24.8 Å². The van der Waals surface area contributed by atoms with Gasteiger partial charge in [-0.1, -0.05) is 30.3 Å². The van der Waals surface area contributed by atoms with Crippen molar-refractivity contribution in [3.05, 3.63) is 59.7 Å². The summed E-state index contributed by atoms with van der Waals surface area (Å²) < 4.78 is 11.5. The first-order valence-corrected chi connectivity index (χ1v) is 10.6. The van der Waals surface area contributed by atoms with E-state index in [2.05, 4.69) is 4.90 Å². The number of carbonyl (C=O) groups is 1. The Morgan fingerprint density at radius 2 is 1.75 bits per heavy atom. The van der Waals surface area contributed by atoms with E-state index in [1.807, 2.05) is 36.4 Å². The average molecular weight is 422 g/mol. The smallest absolute Gasteiger partial charge is 0.338 e. The number of halogens is 2. The van der Waals surface area contributed by atoms with Gasteiger partial charge < -0.3 is 14.4 Å². The molecule has 2 aromatic rings. The zero-order chi connectivity index (χ0) is 19.8. The van der Waals surface area contributed by atoms with Crippen LogP contribution in [-0.4, -0.2) is 37.4 Å². The Morgan fingerprint density at radius 3 is 2.39 bits per heavy atom. The largest absolute Gasteiger partial charge is 0.491 e. The molecular formula is C22H25Cl2NO3. The van der Waals surface area contributed by atoms with E-state index in [9.17, 15) is 4.79 Å². The van der Waals surface area contributed by atoms with E-state index >= 15 is 0 Å². The number of hydrogen-bond acceptors (Lipinski definition) is 4. The number of ether oxygens (including phenoxy) is 2. The van der Waals surface area contributed by atoms with Gasteiger partial charge in [0.2, 0.25) is 0 Å². The quantitative estimate of drug-likeness (QED) is 0.372. The van der Waals surface area contributed by atoms with E-state index in [0.29, 0.717) is 48.7 Å². The van der Waals surface area contributed by atoms with Crippen LogP contribution in [-0.2, 0) is 11.3 Å². The summed E-state index contributed by atoms with van der Waals surface area (Å²) in [5.41, 5.74) is 2.33. The van der Waals surface area contributed by atoms with Crippen molar-refractivity contribution in [2.24, 2.45) is 5.92 Å². The van der Waals surface area contributed by atoms with Crippen molar-refractivity contribution in [3.8, 4) is 5.75 Å². The number of benzene rings is 2. The lowest BCUT2D eigenvalue weighted by Gasteiger charge is -2.25. The van der Waals surface area contributed by atoms with Crippen molar-refractivity contribution < 1.29 is 14.3 Å². The maximum atomic E-state index is 12.5. The molecule has 0 radical (unpaired) electrons. The molecule has 0 heterocycles. The van der Waals surface area contributed by atoms with E-state index in [1.54, 1.807) is 12.1 Å². The van der Waals surface area contributed by atoms with Gasteiger partial charge in [-0.05, 0) is 42.5 Å². The summed E-state index contributed by atoms with van der Waals surface area (Å²) in [4.78, 5) is 14.6. The second-order valence-electron chi connectivity index (χ2n) is 6.86. The average Bonchev–Trinajstić information content (AvgIpc) is 3.55. The van der Waals surface area contributed by atoms with Crippen molar-refractivity contribution in [3.63, 3.8) is 0 Å². The van der Waals surface area contributed by atoms with Gasteiger partial charge >= 0.3 is 5.97 Å². The first kappa shape index (κ1) is 20.8. The highest BCUT2D eigenvalue weighted by atomic mass is 35.5. The molecule has 1 aliphatic carbocycles. The molecule has 4 nitrogen and oxygen atoms in total. The third-order valence-electron chi connectivity index (χ3n) is 4.63. The van der Waals surface area contributed by atoms with Gasteiger partial charge in [0.25, 0.3) is 0 Å². The second-order valence-corrected chi connectivity index (χ2v) is 7.62. The summed E-state index contributed by atoms with van der Waals surface area (Å²) in [6.45, 7) is 2.22. The molecule has 0 N–H and O–H groups in total. The van der Waals surface area contributed by atoms with Crippen LogP contribution in [0.15, 0.2) is 48.5 Å². The molecule has 0 spiro atoms. The summed E-state index contributed by atoms with van der Waals surface area (Å²) in [6, 6.07) is 15.0. The van der Waals surface area contributed by atoms with Gasteiger partial charge in [0.05, 0.1) is 17.9 Å². The predicted octanol–water partition coefficient (Wildman–Crippen LogP) is 5.12. The van der Waals surface area contributed by atoms with Crippen molar-refractivity contribution in [1.82, 2.24) is 0 Å². The van der Waals surface area contributed by atoms with Crippen molar-refractivity contribution >= 4 is 34.9 Å².